The maximum Gasteiger partial charge on any atom is 0.0408 e. The number of alkyl halides is 1. The molecular formula is C13H15Cl2. The van der Waals surface area contributed by atoms with Crippen molar-refractivity contribution in [2.24, 2.45) is 0 Å². The molecule has 0 N–H and O–H groups in total. The molecule has 2 rings (SSSR count). The van der Waals surface area contributed by atoms with Gasteiger partial charge in [0.1, 0.15) is 0 Å². The van der Waals surface area contributed by atoms with Gasteiger partial charge in [0.05, 0.1) is 0 Å². The third-order valence-electron chi connectivity index (χ3n) is 2.97. The van der Waals surface area contributed by atoms with E-state index in [2.05, 4.69) is 12.1 Å². The van der Waals surface area contributed by atoms with Crippen molar-refractivity contribution in [3.8, 4) is 0 Å². The Morgan fingerprint density at radius 2 is 1.93 bits per heavy atom. The molecule has 1 fully saturated rings. The molecule has 0 bridgehead atoms. The highest BCUT2D eigenvalue weighted by molar-refractivity contribution is 6.30. The average Bonchev–Trinajstić information content (AvgIpc) is 2.22. The van der Waals surface area contributed by atoms with Gasteiger partial charge in [0.15, 0.2) is 0 Å². The van der Waals surface area contributed by atoms with Crippen LogP contribution in [0.3, 0.4) is 0 Å². The highest BCUT2D eigenvalue weighted by atomic mass is 35.5. The van der Waals surface area contributed by atoms with Crippen LogP contribution < -0.4 is 0 Å². The Morgan fingerprint density at radius 1 is 1.20 bits per heavy atom. The molecule has 1 aromatic carbocycles. The first kappa shape index (κ1) is 11.3. The summed E-state index contributed by atoms with van der Waals surface area (Å²) < 4.78 is 0. The van der Waals surface area contributed by atoms with E-state index in [0.717, 1.165) is 24.3 Å². The van der Waals surface area contributed by atoms with Gasteiger partial charge >= 0.3 is 0 Å². The second kappa shape index (κ2) is 5.23. The van der Waals surface area contributed by atoms with Crippen molar-refractivity contribution in [1.82, 2.24) is 0 Å². The molecule has 0 nitrogen and oxygen atoms in total. The fraction of sp³-hybridized carbons (Fsp3) is 0.462. The first-order valence-electron chi connectivity index (χ1n) is 5.46. The van der Waals surface area contributed by atoms with Crippen LogP contribution in [0.1, 0.15) is 31.2 Å². The Morgan fingerprint density at radius 3 is 2.60 bits per heavy atom. The summed E-state index contributed by atoms with van der Waals surface area (Å²) in [7, 11) is 0. The molecule has 1 saturated carbocycles. The van der Waals surface area contributed by atoms with Crippen LogP contribution in [0.15, 0.2) is 24.3 Å². The molecule has 81 valence electrons. The molecule has 0 spiro atoms. The molecule has 0 unspecified atom stereocenters. The summed E-state index contributed by atoms with van der Waals surface area (Å²) in [6.45, 7) is 0. The lowest BCUT2D eigenvalue weighted by atomic mass is 9.84. The molecule has 1 aromatic rings. The number of hydrogen-bond donors (Lipinski definition) is 0. The van der Waals surface area contributed by atoms with Crippen LogP contribution in [-0.2, 0) is 6.42 Å². The van der Waals surface area contributed by atoms with Gasteiger partial charge in [-0.15, -0.1) is 11.6 Å². The van der Waals surface area contributed by atoms with Crippen molar-refractivity contribution >= 4 is 23.2 Å². The van der Waals surface area contributed by atoms with Crippen molar-refractivity contribution < 1.29 is 0 Å². The fourth-order valence-electron chi connectivity index (χ4n) is 2.10. The Hall–Kier alpha value is -0.200. The minimum absolute atomic E-state index is 0.396. The molecule has 1 aliphatic rings. The average molecular weight is 242 g/mol. The van der Waals surface area contributed by atoms with E-state index >= 15 is 0 Å². The van der Waals surface area contributed by atoms with E-state index in [1.807, 2.05) is 12.1 Å². The van der Waals surface area contributed by atoms with Gasteiger partial charge in [0.2, 0.25) is 0 Å². The Labute approximate surface area is 102 Å². The zero-order valence-electron chi connectivity index (χ0n) is 8.68. The largest absolute Gasteiger partial charge is 0.123 e. The highest BCUT2D eigenvalue weighted by Crippen LogP contribution is 2.31. The van der Waals surface area contributed by atoms with Gasteiger partial charge in [-0.05, 0) is 55.7 Å². The molecule has 0 aliphatic heterocycles. The third-order valence-corrected chi connectivity index (χ3v) is 3.64. The first-order valence-corrected chi connectivity index (χ1v) is 6.27. The molecule has 15 heavy (non-hydrogen) atoms. The van der Waals surface area contributed by atoms with Gasteiger partial charge in [-0.3, -0.25) is 0 Å². The van der Waals surface area contributed by atoms with Crippen molar-refractivity contribution in [3.05, 3.63) is 40.8 Å². The van der Waals surface area contributed by atoms with E-state index in [0.29, 0.717) is 5.38 Å². The molecular weight excluding hydrogens is 227 g/mol. The van der Waals surface area contributed by atoms with Crippen LogP contribution in [0.25, 0.3) is 0 Å². The summed E-state index contributed by atoms with van der Waals surface area (Å²) >= 11 is 12.0. The molecule has 2 heteroatoms. The molecule has 1 aliphatic carbocycles. The summed E-state index contributed by atoms with van der Waals surface area (Å²) in [6, 6.07) is 8.14. The highest BCUT2D eigenvalue weighted by Gasteiger charge is 2.19. The van der Waals surface area contributed by atoms with Gasteiger partial charge in [0.25, 0.3) is 0 Å². The smallest absolute Gasteiger partial charge is 0.0408 e. The first-order chi connectivity index (χ1) is 7.24. The van der Waals surface area contributed by atoms with Gasteiger partial charge in [-0.25, -0.2) is 0 Å². The van der Waals surface area contributed by atoms with E-state index in [9.17, 15) is 0 Å². The summed E-state index contributed by atoms with van der Waals surface area (Å²) in [4.78, 5) is 0. The van der Waals surface area contributed by atoms with Crippen LogP contribution in [0.5, 0.6) is 0 Å². The van der Waals surface area contributed by atoms with Crippen LogP contribution in [0.2, 0.25) is 5.02 Å². The van der Waals surface area contributed by atoms with Crippen LogP contribution >= 0.6 is 23.2 Å². The lowest BCUT2D eigenvalue weighted by Crippen LogP contribution is -2.14. The predicted molar refractivity (Wildman–Crippen MR) is 66.5 cm³/mol. The molecule has 0 aromatic heterocycles. The van der Waals surface area contributed by atoms with E-state index in [1.54, 1.807) is 5.92 Å². The van der Waals surface area contributed by atoms with Crippen LogP contribution in [0.4, 0.5) is 0 Å². The van der Waals surface area contributed by atoms with Crippen LogP contribution in [-0.4, -0.2) is 5.38 Å². The Kier molecular flexibility index (Phi) is 3.93. The van der Waals surface area contributed by atoms with Crippen molar-refractivity contribution in [1.29, 1.82) is 0 Å². The predicted octanol–water partition coefficient (Wildman–Crippen LogP) is 4.64. The van der Waals surface area contributed by atoms with E-state index in [-0.39, 0.29) is 0 Å². The van der Waals surface area contributed by atoms with E-state index in [1.165, 1.54) is 18.4 Å². The van der Waals surface area contributed by atoms with Gasteiger partial charge in [-0.2, -0.15) is 0 Å². The van der Waals surface area contributed by atoms with Crippen molar-refractivity contribution in [2.45, 2.75) is 37.5 Å². The molecule has 0 amide bonds. The molecule has 0 saturated heterocycles. The van der Waals surface area contributed by atoms with Crippen molar-refractivity contribution in [3.63, 3.8) is 0 Å². The Balaban J connectivity index is 1.92. The topological polar surface area (TPSA) is 0 Å². The number of halogens is 2. The van der Waals surface area contributed by atoms with E-state index in [4.69, 9.17) is 23.2 Å². The lowest BCUT2D eigenvalue weighted by molar-refractivity contribution is 0.527. The molecule has 1 radical (unpaired) electrons. The minimum atomic E-state index is 0.396. The summed E-state index contributed by atoms with van der Waals surface area (Å²) in [5.41, 5.74) is 1.32. The Bertz CT molecular complexity index is 314. The zero-order chi connectivity index (χ0) is 10.7. The maximum atomic E-state index is 6.08. The third kappa shape index (κ3) is 3.39. The number of benzene rings is 1. The SMILES string of the molecule is Clc1cccc(C[C]2CCC(Cl)CC2)c1. The maximum absolute atomic E-state index is 6.08. The van der Waals surface area contributed by atoms with Crippen molar-refractivity contribution in [2.75, 3.05) is 0 Å². The zero-order valence-corrected chi connectivity index (χ0v) is 10.2. The molecule has 0 heterocycles. The quantitative estimate of drug-likeness (QED) is 0.663. The summed E-state index contributed by atoms with van der Waals surface area (Å²) in [6.07, 6.45) is 5.71. The molecule has 0 atom stereocenters. The lowest BCUT2D eigenvalue weighted by Gasteiger charge is -2.24. The minimum Gasteiger partial charge on any atom is -0.123 e. The van der Waals surface area contributed by atoms with E-state index < -0.39 is 0 Å². The van der Waals surface area contributed by atoms with Gasteiger partial charge in [0, 0.05) is 10.4 Å². The summed E-state index contributed by atoms with van der Waals surface area (Å²) in [5.74, 6) is 1.62. The second-order valence-corrected chi connectivity index (χ2v) is 5.28. The van der Waals surface area contributed by atoms with Gasteiger partial charge in [-0.1, -0.05) is 23.7 Å². The van der Waals surface area contributed by atoms with Gasteiger partial charge < -0.3 is 0 Å². The summed E-state index contributed by atoms with van der Waals surface area (Å²) in [5, 5.41) is 1.23. The van der Waals surface area contributed by atoms with Crippen LogP contribution in [0, 0.1) is 5.92 Å². The normalized spacial score (nSPS) is 19.3. The number of hydrogen-bond acceptors (Lipinski definition) is 0. The number of rotatable bonds is 2. The monoisotopic (exact) mass is 241 g/mol. The standard InChI is InChI=1S/C13H15Cl2/c14-12-6-4-10(5-7-12)8-11-2-1-3-13(15)9-11/h1-3,9,12H,4-8H2. The fourth-order valence-corrected chi connectivity index (χ4v) is 2.53. The second-order valence-electron chi connectivity index (χ2n) is 4.23.